The minimum Gasteiger partial charge on any atom is -0.497 e. The van der Waals surface area contributed by atoms with E-state index in [-0.39, 0.29) is 47.2 Å². The molecule has 0 radical (unpaired) electrons. The number of amides is 4. The van der Waals surface area contributed by atoms with Gasteiger partial charge in [0.2, 0.25) is 21.8 Å². The summed E-state index contributed by atoms with van der Waals surface area (Å²) in [5, 5.41) is 14.1. The molecule has 2 aliphatic carbocycles. The highest BCUT2D eigenvalue weighted by molar-refractivity contribution is 7.91. The first-order valence-electron chi connectivity index (χ1n) is 23.2. The van der Waals surface area contributed by atoms with E-state index < -0.39 is 98.4 Å². The molecule has 1 aromatic carbocycles. The third-order valence-corrected chi connectivity index (χ3v) is 15.9. The Labute approximate surface area is 395 Å². The Morgan fingerprint density at radius 1 is 1.06 bits per heavy atom. The van der Waals surface area contributed by atoms with Crippen molar-refractivity contribution >= 4 is 44.6 Å². The number of methoxy groups -OCH3 is 1. The van der Waals surface area contributed by atoms with Gasteiger partial charge >= 0.3 is 12.1 Å². The monoisotopic (exact) mass is 968 g/mol. The van der Waals surface area contributed by atoms with Crippen molar-refractivity contribution in [1.29, 1.82) is 0 Å². The number of rotatable bonds is 13. The quantitative estimate of drug-likeness (QED) is 0.117. The maximum absolute atomic E-state index is 18.2. The summed E-state index contributed by atoms with van der Waals surface area (Å²) in [5.74, 6) is -3.83. The molecule has 3 aromatic rings. The highest BCUT2D eigenvalue weighted by atomic mass is 32.2. The summed E-state index contributed by atoms with van der Waals surface area (Å²) in [7, 11) is -2.75. The van der Waals surface area contributed by atoms with Crippen molar-refractivity contribution < 1.29 is 60.4 Å². The zero-order valence-electron chi connectivity index (χ0n) is 39.9. The summed E-state index contributed by atoms with van der Waals surface area (Å²) >= 11 is 0. The number of carbonyl (C=O) groups is 4. The summed E-state index contributed by atoms with van der Waals surface area (Å²) in [6.45, 7) is 12.8. The second kappa shape index (κ2) is 18.7. The average Bonchev–Trinajstić information content (AvgIpc) is 4.19. The van der Waals surface area contributed by atoms with E-state index in [0.29, 0.717) is 48.3 Å². The molecule has 2 aliphatic heterocycles. The maximum atomic E-state index is 18.2. The van der Waals surface area contributed by atoms with Crippen LogP contribution in [0.3, 0.4) is 0 Å². The maximum Gasteiger partial charge on any atom is 0.408 e. The summed E-state index contributed by atoms with van der Waals surface area (Å²) < 4.78 is 88.1. The van der Waals surface area contributed by atoms with E-state index in [1.165, 1.54) is 20.2 Å². The predicted octanol–water partition coefficient (Wildman–Crippen LogP) is 6.98. The van der Waals surface area contributed by atoms with Gasteiger partial charge in [0.25, 0.3) is 11.8 Å². The Hall–Kier alpha value is -5.63. The van der Waals surface area contributed by atoms with Crippen molar-refractivity contribution in [3.8, 4) is 28.8 Å². The van der Waals surface area contributed by atoms with E-state index in [1.54, 1.807) is 76.2 Å². The molecule has 8 atom stereocenters. The molecule has 68 heavy (non-hydrogen) atoms. The van der Waals surface area contributed by atoms with Gasteiger partial charge in [-0.05, 0) is 128 Å². The number of hydrogen-bond acceptors (Lipinski definition) is 12. The molecule has 1 saturated heterocycles. The fourth-order valence-corrected chi connectivity index (χ4v) is 10.4. The normalized spacial score (nSPS) is 28.8. The minimum atomic E-state index is -4.41. The lowest BCUT2D eigenvalue weighted by molar-refractivity contribution is -0.220. The number of alkyl halides is 2. The van der Waals surface area contributed by atoms with Crippen LogP contribution in [0.15, 0.2) is 54.7 Å². The molecule has 4 heterocycles. The number of benzene rings is 1. The molecule has 7 rings (SSSR count). The van der Waals surface area contributed by atoms with E-state index in [2.05, 4.69) is 20.0 Å². The SMILES string of the molecule is CCC(C)N(C(=O)O)[C@@H]1C(=O)N2[C@@H](C[C@@](C)(Oc3nc(-c4ccc(OC(C)C)cn4)cc4cc(OC)ccc34)C2(F)F)C(=O)N[C@]2(C(=O)NS(=O)(=O)C3(C)CC3)C[C@H]2/C=C\CC[C@@H](C)O[C@H]1CC. The Morgan fingerprint density at radius 2 is 1.76 bits per heavy atom. The largest absolute Gasteiger partial charge is 0.497 e. The van der Waals surface area contributed by atoms with Gasteiger partial charge in [0.15, 0.2) is 5.60 Å². The highest BCUT2D eigenvalue weighted by Crippen LogP contribution is 2.51. The fourth-order valence-electron chi connectivity index (χ4n) is 9.06. The number of pyridine rings is 2. The number of hydrogen-bond donors (Lipinski definition) is 3. The van der Waals surface area contributed by atoms with Crippen LogP contribution >= 0.6 is 0 Å². The third-order valence-electron chi connectivity index (χ3n) is 13.8. The molecule has 17 nitrogen and oxygen atoms in total. The molecule has 20 heteroatoms. The lowest BCUT2D eigenvalue weighted by Crippen LogP contribution is -2.66. The molecule has 4 aliphatic rings. The first-order valence-corrected chi connectivity index (χ1v) is 24.7. The van der Waals surface area contributed by atoms with Crippen LogP contribution in [0.1, 0.15) is 107 Å². The van der Waals surface area contributed by atoms with E-state index >= 15 is 13.6 Å². The van der Waals surface area contributed by atoms with Crippen molar-refractivity contribution in [3.63, 3.8) is 0 Å². The lowest BCUT2D eigenvalue weighted by Gasteiger charge is -2.42. The van der Waals surface area contributed by atoms with Gasteiger partial charge in [0, 0.05) is 23.8 Å². The number of halogens is 2. The van der Waals surface area contributed by atoms with Crippen molar-refractivity contribution in [1.82, 2.24) is 29.8 Å². The number of allylic oxidation sites excluding steroid dienone is 1. The van der Waals surface area contributed by atoms with Gasteiger partial charge in [-0.25, -0.2) is 18.2 Å². The third kappa shape index (κ3) is 9.41. The van der Waals surface area contributed by atoms with E-state index in [9.17, 15) is 27.9 Å². The first-order chi connectivity index (χ1) is 31.9. The molecular weight excluding hydrogens is 907 g/mol. The molecule has 370 valence electrons. The second-order valence-corrected chi connectivity index (χ2v) is 21.4. The van der Waals surface area contributed by atoms with Crippen LogP contribution in [0, 0.1) is 5.92 Å². The molecule has 2 saturated carbocycles. The van der Waals surface area contributed by atoms with Crippen LogP contribution in [-0.4, -0.2) is 123 Å². The molecule has 0 bridgehead atoms. The summed E-state index contributed by atoms with van der Waals surface area (Å²) in [5.41, 5.74) is -4.13. The smallest absolute Gasteiger partial charge is 0.408 e. The predicted molar refractivity (Wildman–Crippen MR) is 247 cm³/mol. The summed E-state index contributed by atoms with van der Waals surface area (Å²) in [6.07, 6.45) is 1.95. The van der Waals surface area contributed by atoms with Gasteiger partial charge in [0.1, 0.15) is 29.1 Å². The lowest BCUT2D eigenvalue weighted by atomic mass is 9.99. The first kappa shape index (κ1) is 50.3. The number of ether oxygens (including phenoxy) is 4. The van der Waals surface area contributed by atoms with E-state index in [1.807, 2.05) is 13.8 Å². The number of carboxylic acid groups (broad SMARTS) is 1. The number of fused-ring (bicyclic) bond motifs is 3. The topological polar surface area (TPSA) is 216 Å². The van der Waals surface area contributed by atoms with Gasteiger partial charge in [-0.2, -0.15) is 8.78 Å². The fraction of sp³-hybridized carbons (Fsp3) is 0.583. The van der Waals surface area contributed by atoms with Gasteiger partial charge in [-0.15, -0.1) is 0 Å². The Morgan fingerprint density at radius 3 is 2.37 bits per heavy atom. The Kier molecular flexibility index (Phi) is 13.8. The Balaban J connectivity index is 1.37. The molecular formula is C48H62F2N6O11S. The summed E-state index contributed by atoms with van der Waals surface area (Å²) in [4.78, 5) is 67.9. The van der Waals surface area contributed by atoms with Crippen molar-refractivity contribution in [3.05, 3.63) is 54.7 Å². The van der Waals surface area contributed by atoms with Gasteiger partial charge in [-0.1, -0.05) is 26.0 Å². The molecule has 4 amide bonds. The Bertz CT molecular complexity index is 2580. The van der Waals surface area contributed by atoms with Gasteiger partial charge in [0.05, 0.1) is 47.8 Å². The zero-order chi connectivity index (χ0) is 49.7. The van der Waals surface area contributed by atoms with Crippen molar-refractivity contribution in [2.45, 2.75) is 165 Å². The van der Waals surface area contributed by atoms with Crippen LogP contribution in [0.25, 0.3) is 22.2 Å². The number of aromatic nitrogens is 2. The molecule has 3 fully saturated rings. The van der Waals surface area contributed by atoms with Gasteiger partial charge in [-0.3, -0.25) is 33.9 Å². The van der Waals surface area contributed by atoms with Gasteiger partial charge < -0.3 is 29.4 Å². The number of sulfonamides is 1. The molecule has 0 spiro atoms. The van der Waals surface area contributed by atoms with Crippen LogP contribution in [0.4, 0.5) is 13.6 Å². The second-order valence-electron chi connectivity index (χ2n) is 19.2. The van der Waals surface area contributed by atoms with Crippen LogP contribution < -0.4 is 24.2 Å². The highest BCUT2D eigenvalue weighted by Gasteiger charge is 2.71. The van der Waals surface area contributed by atoms with E-state index in [0.717, 1.165) is 11.8 Å². The van der Waals surface area contributed by atoms with Crippen LogP contribution in [0.5, 0.6) is 17.4 Å². The molecule has 2 aromatic heterocycles. The van der Waals surface area contributed by atoms with E-state index in [4.69, 9.17) is 18.9 Å². The molecule has 3 N–H and O–H groups in total. The average molecular weight is 969 g/mol. The van der Waals surface area contributed by atoms with Crippen molar-refractivity contribution in [2.24, 2.45) is 5.92 Å². The summed E-state index contributed by atoms with van der Waals surface area (Å²) in [6, 6.07) is 0.509. The minimum absolute atomic E-state index is 0.0182. The number of carbonyl (C=O) groups excluding carboxylic acids is 3. The number of nitrogens with zero attached hydrogens (tertiary/aromatic N) is 4. The molecule has 1 unspecified atom stereocenters. The van der Waals surface area contributed by atoms with Crippen molar-refractivity contribution in [2.75, 3.05) is 7.11 Å². The van der Waals surface area contributed by atoms with Crippen LogP contribution in [-0.2, 0) is 29.1 Å². The number of nitrogens with one attached hydrogen (secondary N) is 2. The zero-order valence-corrected chi connectivity index (χ0v) is 40.7. The standard InChI is InChI=1S/C48H62F2N6O11S/c1-10-28(5)55(44(60)61)39-38(11-2)66-29(6)14-12-13-15-31-24-47(31,43(59)54-68(62,63)45(7)20-21-45)53-40(57)37-25-46(8,48(49,50)56(37)42(39)58)67-41-34-18-16-32(64-9)22-30(34)23-36(52-41)35-19-17-33(26-51-35)65-27(3)4/h13,15-19,22-23,26-29,31,37-39H,10-12,14,20-21,24-25H2,1-9H3,(H,53,57)(H,54,59)(H,60,61)/b15-13-/t28?,29-,31-,37+,38+,39+,46-,47-/m1/s1. The van der Waals surface area contributed by atoms with Crippen LogP contribution in [0.2, 0.25) is 0 Å².